The summed E-state index contributed by atoms with van der Waals surface area (Å²) >= 11 is 0. The molecule has 0 saturated carbocycles. The number of ether oxygens (including phenoxy) is 2. The van der Waals surface area contributed by atoms with Gasteiger partial charge in [-0.25, -0.2) is 0 Å². The normalized spacial score (nSPS) is 10.9. The largest absolute Gasteiger partial charge is 0.493 e. The number of nitrogens with one attached hydrogen (secondary N) is 1. The number of hydrogen-bond acceptors (Lipinski definition) is 4. The number of benzene rings is 3. The highest BCUT2D eigenvalue weighted by Crippen LogP contribution is 2.32. The van der Waals surface area contributed by atoms with Gasteiger partial charge in [0, 0.05) is 22.7 Å². The van der Waals surface area contributed by atoms with E-state index in [2.05, 4.69) is 43.4 Å². The lowest BCUT2D eigenvalue weighted by Gasteiger charge is -2.16. The molecule has 0 bridgehead atoms. The summed E-state index contributed by atoms with van der Waals surface area (Å²) in [6.45, 7) is 4.10. The van der Waals surface area contributed by atoms with Crippen molar-refractivity contribution >= 4 is 22.5 Å². The summed E-state index contributed by atoms with van der Waals surface area (Å²) in [7, 11) is 3.13. The van der Waals surface area contributed by atoms with Crippen LogP contribution in [0.25, 0.3) is 10.9 Å². The number of anilines is 1. The number of fused-ring (bicyclic) bond motifs is 1. The molecule has 1 heterocycles. The average molecular weight is 499 g/mol. The Labute approximate surface area is 217 Å². The van der Waals surface area contributed by atoms with Crippen molar-refractivity contribution < 1.29 is 14.3 Å². The first-order valence-electron chi connectivity index (χ1n) is 12.7. The van der Waals surface area contributed by atoms with Gasteiger partial charge in [0.2, 0.25) is 5.91 Å². The van der Waals surface area contributed by atoms with E-state index in [1.54, 1.807) is 20.3 Å². The molecule has 0 spiro atoms. The van der Waals surface area contributed by atoms with Gasteiger partial charge >= 0.3 is 0 Å². The van der Waals surface area contributed by atoms with Crippen LogP contribution in [0.5, 0.6) is 11.5 Å². The third kappa shape index (κ3) is 6.02. The molecule has 4 aromatic rings. The minimum atomic E-state index is -0.269. The molecule has 37 heavy (non-hydrogen) atoms. The number of rotatable bonds is 10. The molecule has 0 fully saturated rings. The highest BCUT2D eigenvalue weighted by molar-refractivity contribution is 5.92. The Morgan fingerprint density at radius 2 is 1.35 bits per heavy atom. The Balaban J connectivity index is 1.68. The lowest BCUT2D eigenvalue weighted by atomic mass is 10.0. The highest BCUT2D eigenvalue weighted by Gasteiger charge is 2.16. The van der Waals surface area contributed by atoms with Gasteiger partial charge in [0.25, 0.3) is 5.56 Å². The summed E-state index contributed by atoms with van der Waals surface area (Å²) in [5, 5.41) is 3.73. The molecule has 0 atom stereocenters. The first-order valence-corrected chi connectivity index (χ1v) is 12.7. The summed E-state index contributed by atoms with van der Waals surface area (Å²) in [5.74, 6) is 0.805. The second-order valence-corrected chi connectivity index (χ2v) is 9.10. The number of aromatic nitrogens is 1. The SMILES string of the molecule is CCc1ccc(CCc2cc3cc(OC)c(OC)cc3n(CC(=O)Nc3ccc(CC)cc3)c2=O)cc1. The van der Waals surface area contributed by atoms with Crippen molar-refractivity contribution in [1.82, 2.24) is 4.57 Å². The van der Waals surface area contributed by atoms with Crippen LogP contribution in [0.4, 0.5) is 5.69 Å². The summed E-state index contributed by atoms with van der Waals surface area (Å²) in [5.41, 5.74) is 5.44. The fourth-order valence-corrected chi connectivity index (χ4v) is 4.49. The van der Waals surface area contributed by atoms with E-state index in [-0.39, 0.29) is 18.0 Å². The first kappa shape index (κ1) is 26.0. The van der Waals surface area contributed by atoms with E-state index < -0.39 is 0 Å². The molecule has 0 saturated heterocycles. The molecule has 0 unspecified atom stereocenters. The maximum atomic E-state index is 13.6. The Hall–Kier alpha value is -4.06. The van der Waals surface area contributed by atoms with Crippen molar-refractivity contribution in [3.05, 3.63) is 99.3 Å². The zero-order valence-corrected chi connectivity index (χ0v) is 22.0. The maximum absolute atomic E-state index is 13.6. The van der Waals surface area contributed by atoms with E-state index in [1.807, 2.05) is 36.4 Å². The van der Waals surface area contributed by atoms with Crippen molar-refractivity contribution in [2.75, 3.05) is 19.5 Å². The molecule has 6 nitrogen and oxygen atoms in total. The first-order chi connectivity index (χ1) is 17.9. The number of carbonyl (C=O) groups excluding carboxylic acids is 1. The van der Waals surface area contributed by atoms with E-state index >= 15 is 0 Å². The van der Waals surface area contributed by atoms with Crippen molar-refractivity contribution in [2.24, 2.45) is 0 Å². The molecule has 1 aromatic heterocycles. The predicted molar refractivity (Wildman–Crippen MR) is 149 cm³/mol. The second kappa shape index (κ2) is 11.8. The van der Waals surface area contributed by atoms with Gasteiger partial charge in [0.1, 0.15) is 6.54 Å². The molecule has 0 aliphatic carbocycles. The molecular weight excluding hydrogens is 464 g/mol. The van der Waals surface area contributed by atoms with E-state index in [1.165, 1.54) is 21.3 Å². The molecule has 0 aliphatic heterocycles. The van der Waals surface area contributed by atoms with Gasteiger partial charge < -0.3 is 14.8 Å². The van der Waals surface area contributed by atoms with Crippen LogP contribution in [0.1, 0.15) is 36.1 Å². The monoisotopic (exact) mass is 498 g/mol. The van der Waals surface area contributed by atoms with E-state index in [9.17, 15) is 9.59 Å². The zero-order chi connectivity index (χ0) is 26.4. The van der Waals surface area contributed by atoms with Crippen LogP contribution in [0.3, 0.4) is 0 Å². The fraction of sp³-hybridized carbons (Fsp3) is 0.290. The molecule has 1 N–H and O–H groups in total. The lowest BCUT2D eigenvalue weighted by Crippen LogP contribution is -2.30. The smallest absolute Gasteiger partial charge is 0.254 e. The van der Waals surface area contributed by atoms with Crippen molar-refractivity contribution in [3.63, 3.8) is 0 Å². The second-order valence-electron chi connectivity index (χ2n) is 9.10. The molecule has 4 rings (SSSR count). The van der Waals surface area contributed by atoms with E-state index in [4.69, 9.17) is 9.47 Å². The summed E-state index contributed by atoms with van der Waals surface area (Å²) in [6, 6.07) is 21.7. The van der Waals surface area contributed by atoms with Gasteiger partial charge in [-0.15, -0.1) is 0 Å². The van der Waals surface area contributed by atoms with Crippen LogP contribution in [-0.4, -0.2) is 24.7 Å². The molecule has 6 heteroatoms. The Morgan fingerprint density at radius 3 is 1.95 bits per heavy atom. The number of methoxy groups -OCH3 is 2. The van der Waals surface area contributed by atoms with Crippen LogP contribution in [0, 0.1) is 0 Å². The maximum Gasteiger partial charge on any atom is 0.254 e. The Bertz CT molecular complexity index is 1440. The van der Waals surface area contributed by atoms with Gasteiger partial charge in [0.05, 0.1) is 19.7 Å². The number of pyridine rings is 1. The molecule has 192 valence electrons. The van der Waals surface area contributed by atoms with Gasteiger partial charge in [0.15, 0.2) is 11.5 Å². The van der Waals surface area contributed by atoms with Crippen molar-refractivity contribution in [1.29, 1.82) is 0 Å². The summed E-state index contributed by atoms with van der Waals surface area (Å²) in [6.07, 6.45) is 3.21. The van der Waals surface area contributed by atoms with Crippen LogP contribution in [0.15, 0.2) is 71.5 Å². The minimum Gasteiger partial charge on any atom is -0.493 e. The molecule has 0 radical (unpaired) electrons. The van der Waals surface area contributed by atoms with Gasteiger partial charge in [-0.1, -0.05) is 50.2 Å². The van der Waals surface area contributed by atoms with E-state index in [0.29, 0.717) is 34.7 Å². The molecule has 3 aromatic carbocycles. The number of carbonyl (C=O) groups is 1. The lowest BCUT2D eigenvalue weighted by molar-refractivity contribution is -0.116. The Kier molecular flexibility index (Phi) is 8.29. The fourth-order valence-electron chi connectivity index (χ4n) is 4.49. The summed E-state index contributed by atoms with van der Waals surface area (Å²) in [4.78, 5) is 26.7. The number of hydrogen-bond donors (Lipinski definition) is 1. The molecule has 0 aliphatic rings. The number of nitrogens with zero attached hydrogens (tertiary/aromatic N) is 1. The quantitative estimate of drug-likeness (QED) is 0.310. The third-order valence-electron chi connectivity index (χ3n) is 6.74. The highest BCUT2D eigenvalue weighted by atomic mass is 16.5. The van der Waals surface area contributed by atoms with Gasteiger partial charge in [-0.2, -0.15) is 0 Å². The topological polar surface area (TPSA) is 69.6 Å². The van der Waals surface area contributed by atoms with Crippen molar-refractivity contribution in [2.45, 2.75) is 46.1 Å². The third-order valence-corrected chi connectivity index (χ3v) is 6.74. The number of aryl methyl sites for hydroxylation is 4. The van der Waals surface area contributed by atoms with Crippen LogP contribution >= 0.6 is 0 Å². The molecular formula is C31H34N2O4. The number of amides is 1. The standard InChI is InChI=1S/C31H34N2O4/c1-5-21-7-9-23(10-8-21)11-14-24-17-25-18-28(36-3)29(37-4)19-27(25)33(31(24)35)20-30(34)32-26-15-12-22(6-2)13-16-26/h7-10,12-13,15-19H,5-6,11,14,20H2,1-4H3,(H,32,34). The van der Waals surface area contributed by atoms with Crippen LogP contribution in [0.2, 0.25) is 0 Å². The predicted octanol–water partition coefficient (Wildman–Crippen LogP) is 5.57. The van der Waals surface area contributed by atoms with Gasteiger partial charge in [-0.3, -0.25) is 14.2 Å². The summed E-state index contributed by atoms with van der Waals surface area (Å²) < 4.78 is 12.5. The van der Waals surface area contributed by atoms with Crippen molar-refractivity contribution in [3.8, 4) is 11.5 Å². The van der Waals surface area contributed by atoms with Crippen LogP contribution in [-0.2, 0) is 37.0 Å². The average Bonchev–Trinajstić information content (AvgIpc) is 2.93. The van der Waals surface area contributed by atoms with E-state index in [0.717, 1.165) is 24.6 Å². The zero-order valence-electron chi connectivity index (χ0n) is 22.0. The van der Waals surface area contributed by atoms with Gasteiger partial charge in [-0.05, 0) is 66.6 Å². The van der Waals surface area contributed by atoms with Crippen LogP contribution < -0.4 is 20.3 Å². The minimum absolute atomic E-state index is 0.112. The molecule has 1 amide bonds. The Morgan fingerprint density at radius 1 is 0.784 bits per heavy atom.